The van der Waals surface area contributed by atoms with E-state index in [1.807, 2.05) is 13.0 Å². The summed E-state index contributed by atoms with van der Waals surface area (Å²) in [5.74, 6) is -0.287. The fraction of sp³-hybridized carbons (Fsp3) is 0.462. The lowest BCUT2D eigenvalue weighted by Crippen LogP contribution is -2.24. The average molecular weight is 267 g/mol. The second-order valence-electron chi connectivity index (χ2n) is 4.35. The van der Waals surface area contributed by atoms with Crippen molar-refractivity contribution in [3.05, 3.63) is 35.1 Å². The van der Waals surface area contributed by atoms with Gasteiger partial charge in [-0.1, -0.05) is 6.07 Å². The second-order valence-corrected chi connectivity index (χ2v) is 6.00. The minimum Gasteiger partial charge on any atom is -0.377 e. The lowest BCUT2D eigenvalue weighted by Gasteiger charge is -2.13. The van der Waals surface area contributed by atoms with E-state index in [1.165, 1.54) is 12.1 Å². The van der Waals surface area contributed by atoms with Crippen LogP contribution in [0, 0.1) is 17.1 Å². The van der Waals surface area contributed by atoms with E-state index in [0.717, 1.165) is 6.42 Å². The molecule has 1 aromatic rings. The molecule has 3 atom stereocenters. The average Bonchev–Trinajstić information content (AvgIpc) is 2.78. The minimum absolute atomic E-state index is 0.0277. The molecule has 0 amide bonds. The molecule has 0 aliphatic carbocycles. The number of halogens is 1. The highest BCUT2D eigenvalue weighted by Gasteiger charge is 2.29. The summed E-state index contributed by atoms with van der Waals surface area (Å²) in [6, 6.07) is 6.14. The molecular weight excluding hydrogens is 253 g/mol. The lowest BCUT2D eigenvalue weighted by molar-refractivity contribution is 0.127. The zero-order chi connectivity index (χ0) is 13.1. The first kappa shape index (κ1) is 13.2. The van der Waals surface area contributed by atoms with E-state index < -0.39 is 16.6 Å². The second kappa shape index (κ2) is 5.59. The van der Waals surface area contributed by atoms with Crippen LogP contribution in [0.25, 0.3) is 0 Å². The van der Waals surface area contributed by atoms with Crippen molar-refractivity contribution in [2.24, 2.45) is 0 Å². The van der Waals surface area contributed by atoms with Crippen molar-refractivity contribution in [3.63, 3.8) is 0 Å². The molecule has 3 nitrogen and oxygen atoms in total. The van der Waals surface area contributed by atoms with Gasteiger partial charge in [0.2, 0.25) is 0 Å². The zero-order valence-corrected chi connectivity index (χ0v) is 10.9. The summed E-state index contributed by atoms with van der Waals surface area (Å²) < 4.78 is 31.2. The standard InChI is InChI=1S/C13H14FNO2S/c1-9-13(4-5-17-9)18(16)8-11-3-2-10(7-15)6-12(11)14/h2-3,6,9,13H,4-5,8H2,1H3. The van der Waals surface area contributed by atoms with Gasteiger partial charge in [0.25, 0.3) is 0 Å². The molecule has 3 unspecified atom stereocenters. The van der Waals surface area contributed by atoms with Crippen molar-refractivity contribution in [1.82, 2.24) is 0 Å². The highest BCUT2D eigenvalue weighted by molar-refractivity contribution is 7.84. The first-order valence-corrected chi connectivity index (χ1v) is 7.17. The van der Waals surface area contributed by atoms with Crippen LogP contribution in [0.3, 0.4) is 0 Å². The van der Waals surface area contributed by atoms with Crippen molar-refractivity contribution in [1.29, 1.82) is 5.26 Å². The van der Waals surface area contributed by atoms with Crippen LogP contribution in [0.4, 0.5) is 4.39 Å². The van der Waals surface area contributed by atoms with Gasteiger partial charge < -0.3 is 4.74 Å². The van der Waals surface area contributed by atoms with Crippen LogP contribution in [-0.4, -0.2) is 22.2 Å². The zero-order valence-electron chi connectivity index (χ0n) is 10.1. The maximum Gasteiger partial charge on any atom is 0.128 e. The monoisotopic (exact) mass is 267 g/mol. The number of nitrogens with zero attached hydrogens (tertiary/aromatic N) is 1. The van der Waals surface area contributed by atoms with Crippen LogP contribution in [0.15, 0.2) is 18.2 Å². The summed E-state index contributed by atoms with van der Waals surface area (Å²) in [4.78, 5) is 0. The number of benzene rings is 1. The maximum absolute atomic E-state index is 13.7. The molecule has 1 heterocycles. The Balaban J connectivity index is 2.10. The van der Waals surface area contributed by atoms with Gasteiger partial charge in [-0.15, -0.1) is 0 Å². The van der Waals surface area contributed by atoms with Crippen LogP contribution in [0.2, 0.25) is 0 Å². The summed E-state index contributed by atoms with van der Waals surface area (Å²) in [6.45, 7) is 2.51. The Morgan fingerprint density at radius 3 is 2.94 bits per heavy atom. The van der Waals surface area contributed by atoms with Crippen molar-refractivity contribution >= 4 is 10.8 Å². The summed E-state index contributed by atoms with van der Waals surface area (Å²) >= 11 is 0. The van der Waals surface area contributed by atoms with Gasteiger partial charge in [0, 0.05) is 23.0 Å². The third kappa shape index (κ3) is 2.77. The van der Waals surface area contributed by atoms with E-state index in [0.29, 0.717) is 12.2 Å². The maximum atomic E-state index is 13.7. The fourth-order valence-corrected chi connectivity index (χ4v) is 3.67. The van der Waals surface area contributed by atoms with Crippen molar-refractivity contribution in [3.8, 4) is 6.07 Å². The Morgan fingerprint density at radius 1 is 1.61 bits per heavy atom. The number of ether oxygens (including phenoxy) is 1. The van der Waals surface area contributed by atoms with Crippen LogP contribution < -0.4 is 0 Å². The summed E-state index contributed by atoms with van der Waals surface area (Å²) in [7, 11) is -1.14. The van der Waals surface area contributed by atoms with E-state index in [-0.39, 0.29) is 22.7 Å². The van der Waals surface area contributed by atoms with E-state index in [4.69, 9.17) is 10.00 Å². The van der Waals surface area contributed by atoms with E-state index >= 15 is 0 Å². The van der Waals surface area contributed by atoms with Gasteiger partial charge in [0.05, 0.1) is 28.7 Å². The Bertz CT molecular complexity index is 512. The Hall–Kier alpha value is -1.25. The van der Waals surface area contributed by atoms with Crippen molar-refractivity contribution in [2.45, 2.75) is 30.5 Å². The Kier molecular flexibility index (Phi) is 4.10. The van der Waals surface area contributed by atoms with Gasteiger partial charge in [-0.2, -0.15) is 5.26 Å². The van der Waals surface area contributed by atoms with Gasteiger partial charge >= 0.3 is 0 Å². The molecule has 0 N–H and O–H groups in total. The molecular formula is C13H14FNO2S. The molecule has 2 rings (SSSR count). The van der Waals surface area contributed by atoms with Crippen LogP contribution in [0.5, 0.6) is 0 Å². The largest absolute Gasteiger partial charge is 0.377 e. The molecule has 18 heavy (non-hydrogen) atoms. The number of nitriles is 1. The van der Waals surface area contributed by atoms with E-state index in [1.54, 1.807) is 6.07 Å². The lowest BCUT2D eigenvalue weighted by atomic mass is 10.1. The quantitative estimate of drug-likeness (QED) is 0.843. The van der Waals surface area contributed by atoms with Gasteiger partial charge in [0.15, 0.2) is 0 Å². The van der Waals surface area contributed by atoms with Crippen LogP contribution in [0.1, 0.15) is 24.5 Å². The molecule has 1 aromatic carbocycles. The molecule has 1 fully saturated rings. The third-order valence-corrected chi connectivity index (χ3v) is 5.01. The Morgan fingerprint density at radius 2 is 2.39 bits per heavy atom. The number of hydrogen-bond acceptors (Lipinski definition) is 3. The van der Waals surface area contributed by atoms with E-state index in [2.05, 4.69) is 0 Å². The third-order valence-electron chi connectivity index (χ3n) is 3.12. The highest BCUT2D eigenvalue weighted by atomic mass is 32.2. The molecule has 5 heteroatoms. The highest BCUT2D eigenvalue weighted by Crippen LogP contribution is 2.22. The SMILES string of the molecule is CC1OCCC1S(=O)Cc1ccc(C#N)cc1F. The molecule has 96 valence electrons. The molecule has 0 spiro atoms. The van der Waals surface area contributed by atoms with Crippen molar-refractivity contribution < 1.29 is 13.3 Å². The molecule has 1 aliphatic rings. The molecule has 0 bridgehead atoms. The Labute approximate surface area is 108 Å². The fourth-order valence-electron chi connectivity index (χ4n) is 2.05. The van der Waals surface area contributed by atoms with Crippen molar-refractivity contribution in [2.75, 3.05) is 6.61 Å². The summed E-state index contributed by atoms with van der Waals surface area (Å²) in [5, 5.41) is 8.62. The molecule has 1 saturated heterocycles. The summed E-state index contributed by atoms with van der Waals surface area (Å²) in [6.07, 6.45) is 0.721. The van der Waals surface area contributed by atoms with Gasteiger partial charge in [0.1, 0.15) is 5.82 Å². The predicted molar refractivity (Wildman–Crippen MR) is 66.8 cm³/mol. The van der Waals surface area contributed by atoms with Gasteiger partial charge in [-0.25, -0.2) is 4.39 Å². The topological polar surface area (TPSA) is 50.1 Å². The smallest absolute Gasteiger partial charge is 0.128 e. The van der Waals surface area contributed by atoms with Crippen LogP contribution >= 0.6 is 0 Å². The minimum atomic E-state index is -1.14. The molecule has 1 aliphatic heterocycles. The molecule has 0 radical (unpaired) electrons. The first-order chi connectivity index (χ1) is 8.61. The molecule has 0 saturated carbocycles. The number of hydrogen-bond donors (Lipinski definition) is 0. The number of rotatable bonds is 3. The predicted octanol–water partition coefficient (Wildman–Crippen LogP) is 2.12. The summed E-state index contributed by atoms with van der Waals surface area (Å²) in [5.41, 5.74) is 0.672. The van der Waals surface area contributed by atoms with Crippen LogP contribution in [-0.2, 0) is 21.3 Å². The first-order valence-electron chi connectivity index (χ1n) is 5.79. The van der Waals surface area contributed by atoms with Gasteiger partial charge in [-0.05, 0) is 25.5 Å². The molecule has 0 aromatic heterocycles. The normalized spacial score (nSPS) is 24.7. The van der Waals surface area contributed by atoms with E-state index in [9.17, 15) is 8.60 Å². The van der Waals surface area contributed by atoms with Gasteiger partial charge in [-0.3, -0.25) is 4.21 Å².